The van der Waals surface area contributed by atoms with Gasteiger partial charge in [-0.3, -0.25) is 5.32 Å². The maximum absolute atomic E-state index is 12.8. The van der Waals surface area contributed by atoms with Crippen molar-refractivity contribution in [2.24, 2.45) is 0 Å². The van der Waals surface area contributed by atoms with Crippen LogP contribution in [0.25, 0.3) is 0 Å². The summed E-state index contributed by atoms with van der Waals surface area (Å²) in [6.07, 6.45) is 0. The predicted octanol–water partition coefficient (Wildman–Crippen LogP) is 1.71. The monoisotopic (exact) mass is 208 g/mol. The molecule has 0 spiro atoms. The molecule has 0 aliphatic rings. The Balaban J connectivity index is 2.46. The fourth-order valence-corrected chi connectivity index (χ4v) is 1.12. The number of halogens is 1. The van der Waals surface area contributed by atoms with Crippen LogP contribution in [0.15, 0.2) is 24.3 Å². The normalized spacial score (nSPS) is 11.8. The van der Waals surface area contributed by atoms with Crippen molar-refractivity contribution < 1.29 is 9.13 Å². The summed E-state index contributed by atoms with van der Waals surface area (Å²) in [5, 5.41) is 11.7. The van der Waals surface area contributed by atoms with Crippen LogP contribution in [0.2, 0.25) is 0 Å². The molecule has 1 rings (SSSR count). The van der Waals surface area contributed by atoms with Gasteiger partial charge in [-0.1, -0.05) is 13.0 Å². The summed E-state index contributed by atoms with van der Waals surface area (Å²) in [6, 6.07) is 7.56. The molecule has 1 aromatic carbocycles. The zero-order chi connectivity index (χ0) is 11.1. The van der Waals surface area contributed by atoms with Crippen molar-refractivity contribution in [1.82, 2.24) is 5.32 Å². The lowest BCUT2D eigenvalue weighted by molar-refractivity contribution is 0.289. The number of benzene rings is 1. The molecule has 1 atom stereocenters. The van der Waals surface area contributed by atoms with E-state index in [1.807, 2.05) is 6.92 Å². The number of nitriles is 1. The first-order valence-electron chi connectivity index (χ1n) is 4.77. The molecule has 1 aromatic rings. The number of likely N-dealkylation sites (N-methyl/N-ethyl adjacent to an activating group) is 1. The molecule has 1 N–H and O–H groups in total. The number of hydrogen-bond acceptors (Lipinski definition) is 3. The Kier molecular flexibility index (Phi) is 4.58. The molecule has 0 radical (unpaired) electrons. The Morgan fingerprint density at radius 1 is 1.60 bits per heavy atom. The lowest BCUT2D eigenvalue weighted by Gasteiger charge is -2.11. The van der Waals surface area contributed by atoms with Crippen LogP contribution in [-0.4, -0.2) is 19.2 Å². The van der Waals surface area contributed by atoms with Crippen LogP contribution in [0, 0.1) is 17.1 Å². The van der Waals surface area contributed by atoms with Gasteiger partial charge in [-0.05, 0) is 18.7 Å². The molecule has 3 nitrogen and oxygen atoms in total. The molecule has 0 bridgehead atoms. The summed E-state index contributed by atoms with van der Waals surface area (Å²) >= 11 is 0. The molecule has 0 aromatic heterocycles. The number of rotatable bonds is 5. The molecular weight excluding hydrogens is 195 g/mol. The summed E-state index contributed by atoms with van der Waals surface area (Å²) < 4.78 is 18.0. The second-order valence-corrected chi connectivity index (χ2v) is 3.01. The molecule has 1 unspecified atom stereocenters. The summed E-state index contributed by atoms with van der Waals surface area (Å²) in [7, 11) is 0. The summed E-state index contributed by atoms with van der Waals surface area (Å²) in [6.45, 7) is 2.82. The lowest BCUT2D eigenvalue weighted by atomic mass is 10.3. The van der Waals surface area contributed by atoms with Gasteiger partial charge in [-0.25, -0.2) is 4.39 Å². The molecule has 0 heterocycles. The highest BCUT2D eigenvalue weighted by molar-refractivity contribution is 5.22. The third-order valence-corrected chi connectivity index (χ3v) is 1.82. The summed E-state index contributed by atoms with van der Waals surface area (Å²) in [5.74, 6) is 0.0950. The lowest BCUT2D eigenvalue weighted by Crippen LogP contribution is -2.32. The van der Waals surface area contributed by atoms with Crippen LogP contribution in [0.5, 0.6) is 5.75 Å². The van der Waals surface area contributed by atoms with Crippen molar-refractivity contribution >= 4 is 0 Å². The molecule has 4 heteroatoms. The second kappa shape index (κ2) is 5.99. The first-order valence-corrected chi connectivity index (χ1v) is 4.77. The van der Waals surface area contributed by atoms with Crippen molar-refractivity contribution in [1.29, 1.82) is 5.26 Å². The third-order valence-electron chi connectivity index (χ3n) is 1.82. The van der Waals surface area contributed by atoms with Crippen LogP contribution in [0.4, 0.5) is 4.39 Å². The fraction of sp³-hybridized carbons (Fsp3) is 0.364. The van der Waals surface area contributed by atoms with E-state index < -0.39 is 0 Å². The average Bonchev–Trinajstić information content (AvgIpc) is 2.24. The van der Waals surface area contributed by atoms with Gasteiger partial charge in [0, 0.05) is 6.07 Å². The van der Waals surface area contributed by atoms with Crippen LogP contribution in [0.3, 0.4) is 0 Å². The maximum Gasteiger partial charge on any atom is 0.130 e. The molecule has 15 heavy (non-hydrogen) atoms. The molecule has 0 saturated heterocycles. The van der Waals surface area contributed by atoms with Crippen LogP contribution in [-0.2, 0) is 0 Å². The van der Waals surface area contributed by atoms with E-state index in [0.717, 1.165) is 0 Å². The van der Waals surface area contributed by atoms with E-state index in [2.05, 4.69) is 11.4 Å². The molecule has 0 saturated carbocycles. The number of hydrogen-bond donors (Lipinski definition) is 1. The Hall–Kier alpha value is -1.60. The zero-order valence-electron chi connectivity index (χ0n) is 8.53. The van der Waals surface area contributed by atoms with Gasteiger partial charge < -0.3 is 4.74 Å². The Morgan fingerprint density at radius 3 is 3.00 bits per heavy atom. The molecule has 0 aliphatic carbocycles. The smallest absolute Gasteiger partial charge is 0.130 e. The number of ether oxygens (including phenoxy) is 1. The third kappa shape index (κ3) is 3.96. The fourth-order valence-electron chi connectivity index (χ4n) is 1.12. The van der Waals surface area contributed by atoms with Crippen molar-refractivity contribution in [3.05, 3.63) is 30.1 Å². The van der Waals surface area contributed by atoms with Crippen molar-refractivity contribution in [3.63, 3.8) is 0 Å². The largest absolute Gasteiger partial charge is 0.491 e. The highest BCUT2D eigenvalue weighted by Gasteiger charge is 2.06. The number of nitrogens with zero attached hydrogens (tertiary/aromatic N) is 1. The van der Waals surface area contributed by atoms with E-state index >= 15 is 0 Å². The molecule has 80 valence electrons. The topological polar surface area (TPSA) is 45.0 Å². The second-order valence-electron chi connectivity index (χ2n) is 3.01. The Morgan fingerprint density at radius 2 is 2.40 bits per heavy atom. The van der Waals surface area contributed by atoms with Gasteiger partial charge >= 0.3 is 0 Å². The van der Waals surface area contributed by atoms with Crippen molar-refractivity contribution in [3.8, 4) is 11.8 Å². The predicted molar refractivity (Wildman–Crippen MR) is 55.0 cm³/mol. The van der Waals surface area contributed by atoms with Crippen LogP contribution < -0.4 is 10.1 Å². The minimum atomic E-state index is -0.363. The summed E-state index contributed by atoms with van der Waals surface area (Å²) in [4.78, 5) is 0. The zero-order valence-corrected chi connectivity index (χ0v) is 8.53. The van der Waals surface area contributed by atoms with Gasteiger partial charge in [-0.2, -0.15) is 5.26 Å². The van der Waals surface area contributed by atoms with Gasteiger partial charge in [0.2, 0.25) is 0 Å². The minimum absolute atomic E-state index is 0.216. The van der Waals surface area contributed by atoms with E-state index in [1.54, 1.807) is 12.1 Å². The van der Waals surface area contributed by atoms with E-state index in [1.165, 1.54) is 12.1 Å². The highest BCUT2D eigenvalue weighted by atomic mass is 19.1. The SMILES string of the molecule is CCNC(C#N)COc1cccc(F)c1. The van der Waals surface area contributed by atoms with Gasteiger partial charge in [0.15, 0.2) is 0 Å². The molecule has 0 amide bonds. The van der Waals surface area contributed by atoms with E-state index in [4.69, 9.17) is 10.00 Å². The van der Waals surface area contributed by atoms with Crippen molar-refractivity contribution in [2.75, 3.05) is 13.2 Å². The van der Waals surface area contributed by atoms with Gasteiger partial charge in [0.25, 0.3) is 0 Å². The highest BCUT2D eigenvalue weighted by Crippen LogP contribution is 2.11. The van der Waals surface area contributed by atoms with Crippen LogP contribution >= 0.6 is 0 Å². The van der Waals surface area contributed by atoms with Crippen molar-refractivity contribution in [2.45, 2.75) is 13.0 Å². The Labute approximate surface area is 88.5 Å². The molecule has 0 fully saturated rings. The first-order chi connectivity index (χ1) is 7.26. The first kappa shape index (κ1) is 11.5. The minimum Gasteiger partial charge on any atom is -0.491 e. The maximum atomic E-state index is 12.8. The average molecular weight is 208 g/mol. The van der Waals surface area contributed by atoms with Gasteiger partial charge in [0.05, 0.1) is 6.07 Å². The van der Waals surface area contributed by atoms with Crippen LogP contribution in [0.1, 0.15) is 6.92 Å². The van der Waals surface area contributed by atoms with Gasteiger partial charge in [-0.15, -0.1) is 0 Å². The molecule has 0 aliphatic heterocycles. The van der Waals surface area contributed by atoms with E-state index in [0.29, 0.717) is 12.3 Å². The van der Waals surface area contributed by atoms with E-state index in [9.17, 15) is 4.39 Å². The standard InChI is InChI=1S/C11H13FN2O/c1-2-14-10(7-13)8-15-11-5-3-4-9(12)6-11/h3-6,10,14H,2,8H2,1H3. The Bertz CT molecular complexity index is 349. The van der Waals surface area contributed by atoms with E-state index in [-0.39, 0.29) is 18.5 Å². The number of nitrogens with one attached hydrogen (secondary N) is 1. The molecular formula is C11H13FN2O. The van der Waals surface area contributed by atoms with Gasteiger partial charge in [0.1, 0.15) is 24.2 Å². The summed E-state index contributed by atoms with van der Waals surface area (Å²) in [5.41, 5.74) is 0. The quantitative estimate of drug-likeness (QED) is 0.801.